The fourth-order valence-electron chi connectivity index (χ4n) is 6.61. The smallest absolute Gasteiger partial charge is 0.250 e. The van der Waals surface area contributed by atoms with Crippen molar-refractivity contribution in [3.05, 3.63) is 53.1 Å². The zero-order chi connectivity index (χ0) is 27.9. The minimum absolute atomic E-state index is 0.139. The largest absolute Gasteiger partial charge is 0.494 e. The highest BCUT2D eigenvalue weighted by Crippen LogP contribution is 2.63. The maximum absolute atomic E-state index is 14.0. The molecule has 208 valence electrons. The van der Waals surface area contributed by atoms with Crippen LogP contribution < -0.4 is 15.4 Å². The molecule has 10 heteroatoms. The molecule has 2 aromatic carbocycles. The molecule has 3 N–H and O–H groups in total. The third-order valence-electron chi connectivity index (χ3n) is 8.27. The zero-order valence-electron chi connectivity index (χ0n) is 22.3. The summed E-state index contributed by atoms with van der Waals surface area (Å²) in [6.45, 7) is 6.15. The highest BCUT2D eigenvalue weighted by atomic mass is 35.5. The number of nitrogens with one attached hydrogen (secondary N) is 2. The van der Waals surface area contributed by atoms with Crippen molar-refractivity contribution < 1.29 is 29.0 Å². The van der Waals surface area contributed by atoms with Crippen molar-refractivity contribution in [3.8, 4) is 5.75 Å². The lowest BCUT2D eigenvalue weighted by atomic mass is 9.66. The number of ether oxygens (including phenoxy) is 2. The quantitative estimate of drug-likeness (QED) is 0.433. The first-order chi connectivity index (χ1) is 18.6. The third kappa shape index (κ3) is 4.56. The minimum atomic E-state index is -1.17. The first kappa shape index (κ1) is 27.4. The van der Waals surface area contributed by atoms with Gasteiger partial charge in [-0.15, -0.1) is 0 Å². The Morgan fingerprint density at radius 2 is 1.90 bits per heavy atom. The summed E-state index contributed by atoms with van der Waals surface area (Å²) in [4.78, 5) is 43.1. The van der Waals surface area contributed by atoms with E-state index in [-0.39, 0.29) is 25.0 Å². The van der Waals surface area contributed by atoms with E-state index in [2.05, 4.69) is 10.6 Å². The van der Waals surface area contributed by atoms with E-state index in [1.54, 1.807) is 36.4 Å². The average Bonchev–Trinajstić information content (AvgIpc) is 3.47. The summed E-state index contributed by atoms with van der Waals surface area (Å²) in [7, 11) is 0. The van der Waals surface area contributed by atoms with Gasteiger partial charge in [-0.3, -0.25) is 14.4 Å². The maximum atomic E-state index is 14.0. The number of nitrogens with zero attached hydrogens (tertiary/aromatic N) is 1. The maximum Gasteiger partial charge on any atom is 0.250 e. The lowest BCUT2D eigenvalue weighted by molar-refractivity contribution is -0.143. The third-order valence-corrected chi connectivity index (χ3v) is 8.58. The molecule has 2 bridgehead atoms. The van der Waals surface area contributed by atoms with Crippen molar-refractivity contribution in [1.82, 2.24) is 4.90 Å². The van der Waals surface area contributed by atoms with Crippen LogP contribution in [0, 0.1) is 18.8 Å². The van der Waals surface area contributed by atoms with E-state index < -0.39 is 35.0 Å². The Morgan fingerprint density at radius 1 is 1.15 bits per heavy atom. The Balaban J connectivity index is 1.46. The van der Waals surface area contributed by atoms with Crippen LogP contribution in [0.1, 0.15) is 38.7 Å². The van der Waals surface area contributed by atoms with Crippen molar-refractivity contribution in [2.45, 2.75) is 57.3 Å². The number of benzene rings is 2. The lowest BCUT2D eigenvalue weighted by Crippen LogP contribution is -2.53. The molecule has 3 aliphatic rings. The number of carbonyl (C=O) groups is 3. The molecular weight excluding hydrogens is 522 g/mol. The topological polar surface area (TPSA) is 117 Å². The number of para-hydroxylation sites is 1. The van der Waals surface area contributed by atoms with Crippen LogP contribution in [0.4, 0.5) is 11.4 Å². The predicted octanol–water partition coefficient (Wildman–Crippen LogP) is 3.77. The summed E-state index contributed by atoms with van der Waals surface area (Å²) in [5.41, 5.74) is -0.233. The summed E-state index contributed by atoms with van der Waals surface area (Å²) >= 11 is 6.39. The van der Waals surface area contributed by atoms with Gasteiger partial charge in [-0.25, -0.2) is 0 Å². The summed E-state index contributed by atoms with van der Waals surface area (Å²) in [5, 5.41) is 15.8. The Hall–Kier alpha value is -3.14. The second-order valence-electron chi connectivity index (χ2n) is 10.7. The normalized spacial score (nSPS) is 28.9. The molecule has 39 heavy (non-hydrogen) atoms. The van der Waals surface area contributed by atoms with Gasteiger partial charge in [0.2, 0.25) is 17.7 Å². The Morgan fingerprint density at radius 3 is 2.56 bits per heavy atom. The molecule has 3 fully saturated rings. The summed E-state index contributed by atoms with van der Waals surface area (Å²) in [6.07, 6.45) is 1.28. The lowest BCUT2D eigenvalue weighted by Gasteiger charge is -2.33. The van der Waals surface area contributed by atoms with Gasteiger partial charge in [0.1, 0.15) is 17.4 Å². The van der Waals surface area contributed by atoms with Gasteiger partial charge in [-0.05, 0) is 75.9 Å². The summed E-state index contributed by atoms with van der Waals surface area (Å²) in [6, 6.07) is 11.4. The van der Waals surface area contributed by atoms with Crippen molar-refractivity contribution in [1.29, 1.82) is 0 Å². The fourth-order valence-corrected chi connectivity index (χ4v) is 6.88. The van der Waals surface area contributed by atoms with E-state index in [0.717, 1.165) is 5.56 Å². The highest BCUT2D eigenvalue weighted by Gasteiger charge is 2.77. The van der Waals surface area contributed by atoms with Crippen LogP contribution in [0.25, 0.3) is 0 Å². The molecule has 1 spiro atoms. The van der Waals surface area contributed by atoms with Gasteiger partial charge >= 0.3 is 0 Å². The number of halogens is 1. The first-order valence-corrected chi connectivity index (χ1v) is 13.7. The van der Waals surface area contributed by atoms with Crippen LogP contribution in [-0.4, -0.2) is 64.7 Å². The Bertz CT molecular complexity index is 1270. The number of amides is 3. The molecule has 2 aromatic rings. The number of hydrogen-bond donors (Lipinski definition) is 3. The molecule has 2 unspecified atom stereocenters. The number of anilines is 2. The molecule has 0 radical (unpaired) electrons. The number of fused-ring (bicyclic) bond motifs is 1. The molecule has 3 amide bonds. The van der Waals surface area contributed by atoms with Gasteiger partial charge in [0.15, 0.2) is 0 Å². The van der Waals surface area contributed by atoms with Gasteiger partial charge in [0.05, 0.1) is 34.8 Å². The zero-order valence-corrected chi connectivity index (χ0v) is 23.1. The Labute approximate surface area is 232 Å². The number of hydrogen-bond acceptors (Lipinski definition) is 6. The number of aryl methyl sites for hydroxylation is 1. The van der Waals surface area contributed by atoms with Gasteiger partial charge in [0, 0.05) is 18.8 Å². The van der Waals surface area contributed by atoms with Crippen LogP contribution in [0.2, 0.25) is 5.02 Å². The molecule has 0 aromatic heterocycles. The standard InChI is InChI=1S/C29H34ClN3O6/c1-4-38-19-11-9-18(10-12-19)31-25(35)21-22-27(37)33(15-6-16-34)24(29(22)14-13-28(21,3)39-29)26(36)32-23-17(2)7-5-8-20(23)30/h5,7-12,21-22,24,34H,4,6,13-16H2,1-3H3,(H,31,35)(H,32,36)/t21-,22-,24?,28+,29?/m0/s1. The summed E-state index contributed by atoms with van der Waals surface area (Å²) < 4.78 is 12.1. The number of carbonyl (C=O) groups excluding carboxylic acids is 3. The van der Waals surface area contributed by atoms with Gasteiger partial charge < -0.3 is 30.1 Å². The van der Waals surface area contributed by atoms with E-state index in [9.17, 15) is 19.5 Å². The van der Waals surface area contributed by atoms with Crippen LogP contribution in [0.15, 0.2) is 42.5 Å². The van der Waals surface area contributed by atoms with Crippen LogP contribution in [0.3, 0.4) is 0 Å². The van der Waals surface area contributed by atoms with E-state index in [4.69, 9.17) is 21.1 Å². The van der Waals surface area contributed by atoms with Crippen molar-refractivity contribution in [2.24, 2.45) is 11.8 Å². The van der Waals surface area contributed by atoms with E-state index in [0.29, 0.717) is 48.0 Å². The molecule has 3 aliphatic heterocycles. The molecule has 0 saturated carbocycles. The van der Waals surface area contributed by atoms with E-state index in [1.807, 2.05) is 26.8 Å². The molecule has 9 nitrogen and oxygen atoms in total. The molecule has 3 heterocycles. The van der Waals surface area contributed by atoms with Crippen LogP contribution in [-0.2, 0) is 19.1 Å². The Kier molecular flexibility index (Phi) is 7.35. The monoisotopic (exact) mass is 555 g/mol. The van der Waals surface area contributed by atoms with Gasteiger partial charge in [0.25, 0.3) is 0 Å². The number of rotatable bonds is 9. The van der Waals surface area contributed by atoms with E-state index >= 15 is 0 Å². The van der Waals surface area contributed by atoms with Crippen molar-refractivity contribution in [3.63, 3.8) is 0 Å². The molecule has 0 aliphatic carbocycles. The summed E-state index contributed by atoms with van der Waals surface area (Å²) in [5.74, 6) is -1.99. The predicted molar refractivity (Wildman–Crippen MR) is 147 cm³/mol. The molecule has 5 atom stereocenters. The highest BCUT2D eigenvalue weighted by molar-refractivity contribution is 6.34. The van der Waals surface area contributed by atoms with Crippen LogP contribution in [0.5, 0.6) is 5.75 Å². The fraction of sp³-hybridized carbons (Fsp3) is 0.483. The average molecular weight is 556 g/mol. The second kappa shape index (κ2) is 10.4. The number of aliphatic hydroxyl groups is 1. The second-order valence-corrected chi connectivity index (χ2v) is 11.1. The van der Waals surface area contributed by atoms with Crippen molar-refractivity contribution >= 4 is 40.7 Å². The molecule has 5 rings (SSSR count). The minimum Gasteiger partial charge on any atom is -0.494 e. The van der Waals surface area contributed by atoms with Crippen LogP contribution >= 0.6 is 11.6 Å². The van der Waals surface area contributed by atoms with Gasteiger partial charge in [-0.1, -0.05) is 23.7 Å². The van der Waals surface area contributed by atoms with E-state index in [1.165, 1.54) is 4.90 Å². The van der Waals surface area contributed by atoms with Crippen molar-refractivity contribution in [2.75, 3.05) is 30.4 Å². The molecular formula is C29H34ClN3O6. The molecule has 3 saturated heterocycles. The number of likely N-dealkylation sites (tertiary alicyclic amines) is 1. The number of aliphatic hydroxyl groups excluding tert-OH is 1. The first-order valence-electron chi connectivity index (χ1n) is 13.4. The SMILES string of the molecule is CCOc1ccc(NC(=O)[C@@H]2[C@H]3C(=O)N(CCCO)C(C(=O)Nc4c(C)cccc4Cl)C34CC[C@@]2(C)O4)cc1. The van der Waals surface area contributed by atoms with Gasteiger partial charge in [-0.2, -0.15) is 0 Å².